The fourth-order valence-electron chi connectivity index (χ4n) is 2.84. The van der Waals surface area contributed by atoms with Gasteiger partial charge in [-0.15, -0.1) is 0 Å². The molecule has 4 nitrogen and oxygen atoms in total. The highest BCUT2D eigenvalue weighted by Gasteiger charge is 2.09. The molecule has 0 heterocycles. The SMILES string of the molecule is CC(C)Oc1ccc(C(=O)CCCCC(=O)c2ccc(OC(C)C)cc2)cc1. The van der Waals surface area contributed by atoms with E-state index in [4.69, 9.17) is 9.47 Å². The molecule has 0 saturated heterocycles. The highest BCUT2D eigenvalue weighted by Crippen LogP contribution is 2.18. The summed E-state index contributed by atoms with van der Waals surface area (Å²) in [6.45, 7) is 7.87. The van der Waals surface area contributed by atoms with Crippen LogP contribution in [0.2, 0.25) is 0 Å². The Hall–Kier alpha value is -2.62. The molecule has 150 valence electrons. The maximum Gasteiger partial charge on any atom is 0.162 e. The normalized spacial score (nSPS) is 10.9. The van der Waals surface area contributed by atoms with Crippen LogP contribution in [0.5, 0.6) is 11.5 Å². The average Bonchev–Trinajstić information content (AvgIpc) is 2.65. The summed E-state index contributed by atoms with van der Waals surface area (Å²) in [5.41, 5.74) is 1.37. The Bertz CT molecular complexity index is 691. The molecule has 0 bridgehead atoms. The lowest BCUT2D eigenvalue weighted by Gasteiger charge is -2.10. The summed E-state index contributed by atoms with van der Waals surface area (Å²) in [6, 6.07) is 14.5. The number of ketones is 2. The van der Waals surface area contributed by atoms with Crippen LogP contribution in [0.1, 0.15) is 74.1 Å². The van der Waals surface area contributed by atoms with E-state index in [1.54, 1.807) is 24.3 Å². The highest BCUT2D eigenvalue weighted by atomic mass is 16.5. The van der Waals surface area contributed by atoms with E-state index in [1.807, 2.05) is 52.0 Å². The van der Waals surface area contributed by atoms with E-state index in [0.717, 1.165) is 11.5 Å². The molecular formula is C24H30O4. The molecular weight excluding hydrogens is 352 g/mol. The molecule has 0 amide bonds. The van der Waals surface area contributed by atoms with Crippen molar-refractivity contribution in [1.29, 1.82) is 0 Å². The van der Waals surface area contributed by atoms with E-state index < -0.39 is 0 Å². The van der Waals surface area contributed by atoms with Gasteiger partial charge in [-0.25, -0.2) is 0 Å². The number of hydrogen-bond donors (Lipinski definition) is 0. The summed E-state index contributed by atoms with van der Waals surface area (Å²) in [4.78, 5) is 24.6. The van der Waals surface area contributed by atoms with E-state index in [9.17, 15) is 9.59 Å². The summed E-state index contributed by atoms with van der Waals surface area (Å²) in [5, 5.41) is 0. The third kappa shape index (κ3) is 7.18. The van der Waals surface area contributed by atoms with Crippen LogP contribution in [-0.4, -0.2) is 23.8 Å². The maximum absolute atomic E-state index is 12.3. The lowest BCUT2D eigenvalue weighted by Crippen LogP contribution is -2.06. The molecule has 0 aliphatic heterocycles. The first-order valence-electron chi connectivity index (χ1n) is 9.95. The molecule has 2 aromatic rings. The van der Waals surface area contributed by atoms with Crippen molar-refractivity contribution in [1.82, 2.24) is 0 Å². The van der Waals surface area contributed by atoms with E-state index in [1.165, 1.54) is 0 Å². The number of rotatable bonds is 11. The Labute approximate surface area is 167 Å². The molecule has 28 heavy (non-hydrogen) atoms. The minimum atomic E-state index is 0.0960. The van der Waals surface area contributed by atoms with Gasteiger partial charge in [-0.2, -0.15) is 0 Å². The molecule has 0 saturated carbocycles. The number of benzene rings is 2. The van der Waals surface area contributed by atoms with Gasteiger partial charge >= 0.3 is 0 Å². The first-order chi connectivity index (χ1) is 13.3. The summed E-state index contributed by atoms with van der Waals surface area (Å²) in [6.07, 6.45) is 2.50. The summed E-state index contributed by atoms with van der Waals surface area (Å²) >= 11 is 0. The topological polar surface area (TPSA) is 52.6 Å². The second-order valence-corrected chi connectivity index (χ2v) is 7.44. The van der Waals surface area contributed by atoms with Gasteiger partial charge in [-0.3, -0.25) is 9.59 Å². The van der Waals surface area contributed by atoms with Gasteiger partial charge in [0.25, 0.3) is 0 Å². The molecule has 0 radical (unpaired) electrons. The van der Waals surface area contributed by atoms with Crippen molar-refractivity contribution in [3.63, 3.8) is 0 Å². The van der Waals surface area contributed by atoms with Crippen LogP contribution in [0, 0.1) is 0 Å². The Balaban J connectivity index is 1.74. The molecule has 2 rings (SSSR count). The number of carbonyl (C=O) groups excluding carboxylic acids is 2. The number of Topliss-reactive ketones (excluding diaryl/α,β-unsaturated/α-hetero) is 2. The Morgan fingerprint density at radius 3 is 1.25 bits per heavy atom. The molecule has 0 spiro atoms. The van der Waals surface area contributed by atoms with Crippen molar-refractivity contribution >= 4 is 11.6 Å². The Morgan fingerprint density at radius 1 is 0.643 bits per heavy atom. The second kappa shape index (κ2) is 10.6. The first-order valence-corrected chi connectivity index (χ1v) is 9.95. The zero-order valence-corrected chi connectivity index (χ0v) is 17.2. The fourth-order valence-corrected chi connectivity index (χ4v) is 2.84. The maximum atomic E-state index is 12.3. The van der Waals surface area contributed by atoms with Crippen LogP contribution in [0.4, 0.5) is 0 Å². The monoisotopic (exact) mass is 382 g/mol. The molecule has 0 aliphatic carbocycles. The number of unbranched alkanes of at least 4 members (excludes halogenated alkanes) is 1. The largest absolute Gasteiger partial charge is 0.491 e. The van der Waals surface area contributed by atoms with Crippen molar-refractivity contribution in [2.45, 2.75) is 65.6 Å². The molecule has 4 heteroatoms. The average molecular weight is 383 g/mol. The second-order valence-electron chi connectivity index (χ2n) is 7.44. The van der Waals surface area contributed by atoms with E-state index in [2.05, 4.69) is 0 Å². The zero-order chi connectivity index (χ0) is 20.5. The van der Waals surface area contributed by atoms with E-state index in [-0.39, 0.29) is 23.8 Å². The van der Waals surface area contributed by atoms with Gasteiger partial charge in [0.2, 0.25) is 0 Å². The minimum absolute atomic E-state index is 0.0960. The van der Waals surface area contributed by atoms with Gasteiger partial charge in [-0.05, 0) is 89.1 Å². The zero-order valence-electron chi connectivity index (χ0n) is 17.2. The van der Waals surface area contributed by atoms with Gasteiger partial charge in [-0.1, -0.05) is 0 Å². The van der Waals surface area contributed by atoms with Gasteiger partial charge in [0.1, 0.15) is 11.5 Å². The van der Waals surface area contributed by atoms with Gasteiger partial charge in [0.05, 0.1) is 12.2 Å². The molecule has 0 aliphatic rings. The molecule has 0 aromatic heterocycles. The Morgan fingerprint density at radius 2 is 0.964 bits per heavy atom. The molecule has 0 fully saturated rings. The van der Waals surface area contributed by atoms with Gasteiger partial charge in [0, 0.05) is 24.0 Å². The standard InChI is InChI=1S/C24H30O4/c1-17(2)27-21-13-9-19(10-14-21)23(25)7-5-6-8-24(26)20-11-15-22(16-12-20)28-18(3)4/h9-18H,5-8H2,1-4H3. The Kier molecular flexibility index (Phi) is 8.24. The van der Waals surface area contributed by atoms with Crippen LogP contribution in [0.3, 0.4) is 0 Å². The number of carbonyl (C=O) groups is 2. The van der Waals surface area contributed by atoms with Crippen molar-refractivity contribution in [3.05, 3.63) is 59.7 Å². The van der Waals surface area contributed by atoms with E-state index in [0.29, 0.717) is 36.8 Å². The number of ether oxygens (including phenoxy) is 2. The molecule has 0 unspecified atom stereocenters. The van der Waals surface area contributed by atoms with Crippen LogP contribution in [0.15, 0.2) is 48.5 Å². The smallest absolute Gasteiger partial charge is 0.162 e. The van der Waals surface area contributed by atoms with E-state index >= 15 is 0 Å². The predicted octanol–water partition coefficient (Wildman–Crippen LogP) is 5.89. The lowest BCUT2D eigenvalue weighted by atomic mass is 10.0. The summed E-state index contributed by atoms with van der Waals surface area (Å²) < 4.78 is 11.2. The fraction of sp³-hybridized carbons (Fsp3) is 0.417. The third-order valence-corrected chi connectivity index (χ3v) is 4.15. The van der Waals surface area contributed by atoms with Gasteiger partial charge < -0.3 is 9.47 Å². The van der Waals surface area contributed by atoms with Crippen molar-refractivity contribution < 1.29 is 19.1 Å². The molecule has 0 atom stereocenters. The van der Waals surface area contributed by atoms with Crippen LogP contribution in [0.25, 0.3) is 0 Å². The quantitative estimate of drug-likeness (QED) is 0.359. The highest BCUT2D eigenvalue weighted by molar-refractivity contribution is 5.97. The van der Waals surface area contributed by atoms with Crippen molar-refractivity contribution in [2.75, 3.05) is 0 Å². The predicted molar refractivity (Wildman–Crippen MR) is 112 cm³/mol. The van der Waals surface area contributed by atoms with Crippen molar-refractivity contribution in [3.8, 4) is 11.5 Å². The van der Waals surface area contributed by atoms with Crippen LogP contribution < -0.4 is 9.47 Å². The van der Waals surface area contributed by atoms with Crippen molar-refractivity contribution in [2.24, 2.45) is 0 Å². The van der Waals surface area contributed by atoms with Crippen LogP contribution in [-0.2, 0) is 0 Å². The van der Waals surface area contributed by atoms with Gasteiger partial charge in [0.15, 0.2) is 11.6 Å². The lowest BCUT2D eigenvalue weighted by molar-refractivity contribution is 0.0954. The van der Waals surface area contributed by atoms with Crippen LogP contribution >= 0.6 is 0 Å². The summed E-state index contributed by atoms with van der Waals surface area (Å²) in [5.74, 6) is 1.72. The minimum Gasteiger partial charge on any atom is -0.491 e. The molecule has 0 N–H and O–H groups in total. The number of hydrogen-bond acceptors (Lipinski definition) is 4. The summed E-state index contributed by atoms with van der Waals surface area (Å²) in [7, 11) is 0. The molecule has 2 aromatic carbocycles. The third-order valence-electron chi connectivity index (χ3n) is 4.15. The first kappa shape index (κ1) is 21.7.